The Bertz CT molecular complexity index is 296. The lowest BCUT2D eigenvalue weighted by atomic mass is 10.3. The molecule has 1 rings (SSSR count). The third-order valence-corrected chi connectivity index (χ3v) is 1.86. The van der Waals surface area contributed by atoms with Gasteiger partial charge in [-0.3, -0.25) is 5.32 Å². The summed E-state index contributed by atoms with van der Waals surface area (Å²) in [4.78, 5) is 10.2. The number of hydrogen-bond donors (Lipinski definition) is 2. The summed E-state index contributed by atoms with van der Waals surface area (Å²) in [6.45, 7) is 0. The Morgan fingerprint density at radius 1 is 1.58 bits per heavy atom. The quantitative estimate of drug-likeness (QED) is 0.784. The van der Waals surface area contributed by atoms with Gasteiger partial charge in [0.05, 0.1) is 5.69 Å². The van der Waals surface area contributed by atoms with E-state index in [1.165, 1.54) is 12.1 Å². The van der Waals surface area contributed by atoms with Crippen LogP contribution in [0.5, 0.6) is 0 Å². The molecular formula is C7H5BrFNO2. The normalized spacial score (nSPS) is 9.50. The molecule has 0 heterocycles. The molecule has 0 unspecified atom stereocenters. The summed E-state index contributed by atoms with van der Waals surface area (Å²) in [7, 11) is 0. The highest BCUT2D eigenvalue weighted by molar-refractivity contribution is 9.10. The van der Waals surface area contributed by atoms with Gasteiger partial charge < -0.3 is 5.11 Å². The van der Waals surface area contributed by atoms with Crippen molar-refractivity contribution in [1.29, 1.82) is 0 Å². The van der Waals surface area contributed by atoms with Crippen molar-refractivity contribution in [2.24, 2.45) is 0 Å². The molecule has 3 nitrogen and oxygen atoms in total. The Morgan fingerprint density at radius 2 is 2.25 bits per heavy atom. The Labute approximate surface area is 76.3 Å². The highest BCUT2D eigenvalue weighted by Gasteiger charge is 2.07. The number of carboxylic acid groups (broad SMARTS) is 1. The van der Waals surface area contributed by atoms with Gasteiger partial charge in [0, 0.05) is 4.47 Å². The molecule has 0 aliphatic rings. The fourth-order valence-corrected chi connectivity index (χ4v) is 1.17. The van der Waals surface area contributed by atoms with Gasteiger partial charge in [0.15, 0.2) is 0 Å². The molecule has 1 amide bonds. The van der Waals surface area contributed by atoms with E-state index in [0.717, 1.165) is 0 Å². The van der Waals surface area contributed by atoms with Crippen molar-refractivity contribution in [2.45, 2.75) is 0 Å². The van der Waals surface area contributed by atoms with Gasteiger partial charge in [-0.2, -0.15) is 0 Å². The molecule has 0 fully saturated rings. The molecule has 64 valence electrons. The van der Waals surface area contributed by atoms with E-state index in [4.69, 9.17) is 5.11 Å². The zero-order valence-corrected chi connectivity index (χ0v) is 7.43. The van der Waals surface area contributed by atoms with Crippen LogP contribution in [0.1, 0.15) is 0 Å². The summed E-state index contributed by atoms with van der Waals surface area (Å²) in [6.07, 6.45) is -1.29. The first-order chi connectivity index (χ1) is 5.61. The van der Waals surface area contributed by atoms with Crippen molar-refractivity contribution in [3.63, 3.8) is 0 Å². The van der Waals surface area contributed by atoms with Gasteiger partial charge in [0.1, 0.15) is 5.82 Å². The maximum absolute atomic E-state index is 12.9. The van der Waals surface area contributed by atoms with Crippen molar-refractivity contribution in [1.82, 2.24) is 0 Å². The van der Waals surface area contributed by atoms with Crippen molar-refractivity contribution in [2.75, 3.05) is 5.32 Å². The number of carbonyl (C=O) groups is 1. The summed E-state index contributed by atoms with van der Waals surface area (Å²) < 4.78 is 13.2. The fourth-order valence-electron chi connectivity index (χ4n) is 0.724. The number of amides is 1. The van der Waals surface area contributed by atoms with Crippen LogP contribution in [-0.2, 0) is 0 Å². The van der Waals surface area contributed by atoms with Crippen molar-refractivity contribution in [3.8, 4) is 0 Å². The van der Waals surface area contributed by atoms with Crippen LogP contribution in [-0.4, -0.2) is 11.2 Å². The lowest BCUT2D eigenvalue weighted by Crippen LogP contribution is -2.09. The molecular weight excluding hydrogens is 229 g/mol. The predicted octanol–water partition coefficient (Wildman–Crippen LogP) is 2.68. The molecule has 2 N–H and O–H groups in total. The molecule has 0 saturated carbocycles. The minimum atomic E-state index is -1.29. The molecule has 0 bridgehead atoms. The second-order valence-electron chi connectivity index (χ2n) is 2.03. The monoisotopic (exact) mass is 233 g/mol. The Kier molecular flexibility index (Phi) is 2.65. The van der Waals surface area contributed by atoms with E-state index in [2.05, 4.69) is 15.9 Å². The number of benzene rings is 1. The predicted molar refractivity (Wildman–Crippen MR) is 45.7 cm³/mol. The molecule has 0 aliphatic heterocycles. The number of rotatable bonds is 1. The Morgan fingerprint density at radius 3 is 2.75 bits per heavy atom. The molecule has 0 aromatic heterocycles. The van der Waals surface area contributed by atoms with Gasteiger partial charge in [-0.15, -0.1) is 0 Å². The van der Waals surface area contributed by atoms with E-state index in [-0.39, 0.29) is 5.69 Å². The molecule has 0 spiro atoms. The molecule has 1 aromatic rings. The maximum atomic E-state index is 12.9. The van der Waals surface area contributed by atoms with Gasteiger partial charge >= 0.3 is 6.09 Å². The zero-order valence-electron chi connectivity index (χ0n) is 5.84. The smallest absolute Gasteiger partial charge is 0.409 e. The molecule has 0 aliphatic carbocycles. The molecule has 0 radical (unpaired) electrons. The summed E-state index contributed by atoms with van der Waals surface area (Å²) in [5.41, 5.74) is -0.0648. The summed E-state index contributed by atoms with van der Waals surface area (Å²) in [5.74, 6) is -0.605. The van der Waals surface area contributed by atoms with E-state index >= 15 is 0 Å². The van der Waals surface area contributed by atoms with Crippen LogP contribution >= 0.6 is 15.9 Å². The van der Waals surface area contributed by atoms with Crippen molar-refractivity contribution >= 4 is 27.7 Å². The minimum absolute atomic E-state index is 0.0648. The van der Waals surface area contributed by atoms with Crippen LogP contribution in [0.2, 0.25) is 0 Å². The van der Waals surface area contributed by atoms with Crippen molar-refractivity contribution in [3.05, 3.63) is 28.5 Å². The lowest BCUT2D eigenvalue weighted by Gasteiger charge is -2.03. The zero-order chi connectivity index (χ0) is 9.14. The van der Waals surface area contributed by atoms with E-state index in [0.29, 0.717) is 4.47 Å². The number of hydrogen-bond acceptors (Lipinski definition) is 1. The van der Waals surface area contributed by atoms with Gasteiger partial charge in [0.2, 0.25) is 0 Å². The number of anilines is 1. The topological polar surface area (TPSA) is 49.3 Å². The van der Waals surface area contributed by atoms with Gasteiger partial charge in [-0.25, -0.2) is 9.18 Å². The minimum Gasteiger partial charge on any atom is -0.465 e. The van der Waals surface area contributed by atoms with E-state index in [1.54, 1.807) is 6.07 Å². The average Bonchev–Trinajstić information content (AvgIpc) is 1.97. The second kappa shape index (κ2) is 3.53. The SMILES string of the molecule is O=C(O)Nc1c(F)cccc1Br. The standard InChI is InChI=1S/C7H5BrFNO2/c8-4-2-1-3-5(9)6(4)10-7(11)12/h1-3,10H,(H,11,12). The fraction of sp³-hybridized carbons (Fsp3) is 0. The van der Waals surface area contributed by atoms with Crippen LogP contribution in [0.4, 0.5) is 14.9 Å². The number of halogens is 2. The van der Waals surface area contributed by atoms with Crippen LogP contribution in [0.25, 0.3) is 0 Å². The Hall–Kier alpha value is -1.10. The molecule has 12 heavy (non-hydrogen) atoms. The summed E-state index contributed by atoms with van der Waals surface area (Å²) >= 11 is 3.01. The highest BCUT2D eigenvalue weighted by atomic mass is 79.9. The molecule has 5 heteroatoms. The van der Waals surface area contributed by atoms with Gasteiger partial charge in [-0.1, -0.05) is 6.07 Å². The molecule has 0 saturated heterocycles. The average molecular weight is 234 g/mol. The maximum Gasteiger partial charge on any atom is 0.409 e. The van der Waals surface area contributed by atoms with E-state index < -0.39 is 11.9 Å². The summed E-state index contributed by atoms with van der Waals surface area (Å²) in [5, 5.41) is 10.3. The van der Waals surface area contributed by atoms with Crippen LogP contribution < -0.4 is 5.32 Å². The number of nitrogens with one attached hydrogen (secondary N) is 1. The van der Waals surface area contributed by atoms with Gasteiger partial charge in [-0.05, 0) is 28.1 Å². The highest BCUT2D eigenvalue weighted by Crippen LogP contribution is 2.24. The lowest BCUT2D eigenvalue weighted by molar-refractivity contribution is 0.209. The first-order valence-electron chi connectivity index (χ1n) is 3.05. The molecule has 1 aromatic carbocycles. The first kappa shape index (κ1) is 8.99. The third kappa shape index (κ3) is 1.94. The summed E-state index contributed by atoms with van der Waals surface area (Å²) in [6, 6.07) is 4.21. The second-order valence-corrected chi connectivity index (χ2v) is 2.88. The Balaban J connectivity index is 3.04. The van der Waals surface area contributed by atoms with Crippen LogP contribution in [0, 0.1) is 5.82 Å². The van der Waals surface area contributed by atoms with Crippen LogP contribution in [0.3, 0.4) is 0 Å². The number of para-hydroxylation sites is 1. The van der Waals surface area contributed by atoms with Crippen molar-refractivity contribution < 1.29 is 14.3 Å². The van der Waals surface area contributed by atoms with Crippen LogP contribution in [0.15, 0.2) is 22.7 Å². The first-order valence-corrected chi connectivity index (χ1v) is 3.84. The van der Waals surface area contributed by atoms with E-state index in [9.17, 15) is 9.18 Å². The largest absolute Gasteiger partial charge is 0.465 e. The molecule has 0 atom stereocenters. The van der Waals surface area contributed by atoms with E-state index in [1.807, 2.05) is 5.32 Å². The van der Waals surface area contributed by atoms with Gasteiger partial charge in [0.25, 0.3) is 0 Å². The third-order valence-electron chi connectivity index (χ3n) is 1.19.